The third-order valence-electron chi connectivity index (χ3n) is 7.63. The average molecular weight is 458 g/mol. The molecule has 4 aliphatic rings. The Morgan fingerprint density at radius 2 is 1.62 bits per heavy atom. The van der Waals surface area contributed by atoms with Gasteiger partial charge in [-0.3, -0.25) is 5.32 Å². The van der Waals surface area contributed by atoms with Crippen molar-refractivity contribution in [3.63, 3.8) is 0 Å². The highest BCUT2D eigenvalue weighted by molar-refractivity contribution is 5.96. The highest BCUT2D eigenvalue weighted by Gasteiger charge is 2.55. The van der Waals surface area contributed by atoms with Gasteiger partial charge in [0.1, 0.15) is 6.54 Å². The van der Waals surface area contributed by atoms with E-state index in [4.69, 9.17) is 4.74 Å². The van der Waals surface area contributed by atoms with E-state index in [9.17, 15) is 14.7 Å². The van der Waals surface area contributed by atoms with Crippen molar-refractivity contribution in [2.45, 2.75) is 24.5 Å². The van der Waals surface area contributed by atoms with E-state index in [0.29, 0.717) is 36.6 Å². The predicted molar refractivity (Wildman–Crippen MR) is 123 cm³/mol. The van der Waals surface area contributed by atoms with Crippen molar-refractivity contribution in [1.29, 1.82) is 0 Å². The van der Waals surface area contributed by atoms with Crippen LogP contribution in [0.2, 0.25) is 0 Å². The molecule has 172 valence electrons. The number of nitrogens with zero attached hydrogens (tertiary/aromatic N) is 3. The lowest BCUT2D eigenvalue weighted by molar-refractivity contribution is -0.869. The second-order valence-corrected chi connectivity index (χ2v) is 9.40. The van der Waals surface area contributed by atoms with Gasteiger partial charge in [-0.1, -0.05) is 48.5 Å². The van der Waals surface area contributed by atoms with Gasteiger partial charge < -0.3 is 9.84 Å². The van der Waals surface area contributed by atoms with Crippen LogP contribution in [-0.2, 0) is 15.1 Å². The fourth-order valence-corrected chi connectivity index (χ4v) is 5.80. The number of carbonyl (C=O) groups is 2. The number of aliphatic hydroxyl groups is 1. The van der Waals surface area contributed by atoms with Crippen molar-refractivity contribution in [3.8, 4) is 11.1 Å². The summed E-state index contributed by atoms with van der Waals surface area (Å²) in [5.74, 6) is -0.116. The summed E-state index contributed by atoms with van der Waals surface area (Å²) in [4.78, 5) is 26.8. The molecule has 1 aromatic heterocycles. The maximum Gasteiger partial charge on any atom is 0.422 e. The number of anilines is 1. The second-order valence-electron chi connectivity index (χ2n) is 9.40. The van der Waals surface area contributed by atoms with Gasteiger partial charge in [0.25, 0.3) is 0 Å². The average Bonchev–Trinajstić information content (AvgIpc) is 3.15. The van der Waals surface area contributed by atoms with E-state index >= 15 is 0 Å². The van der Waals surface area contributed by atoms with E-state index in [1.54, 1.807) is 30.5 Å². The van der Waals surface area contributed by atoms with Gasteiger partial charge in [-0.15, -0.1) is 5.10 Å². The molecule has 8 nitrogen and oxygen atoms in total. The lowest BCUT2D eigenvalue weighted by atomic mass is 9.83. The van der Waals surface area contributed by atoms with Crippen LogP contribution < -0.4 is 5.32 Å². The fourth-order valence-electron chi connectivity index (χ4n) is 5.80. The predicted octanol–water partition coefficient (Wildman–Crippen LogP) is 3.08. The van der Waals surface area contributed by atoms with E-state index in [2.05, 4.69) is 15.5 Å². The Labute approximate surface area is 196 Å². The Hall–Kier alpha value is -3.62. The Morgan fingerprint density at radius 3 is 2.24 bits per heavy atom. The van der Waals surface area contributed by atoms with Crippen LogP contribution in [0.5, 0.6) is 0 Å². The van der Waals surface area contributed by atoms with Gasteiger partial charge in [-0.2, -0.15) is 5.10 Å². The minimum absolute atomic E-state index is 0.170. The highest BCUT2D eigenvalue weighted by atomic mass is 16.6. The molecule has 0 spiro atoms. The molecular formula is C26H25N4O4+. The molecule has 3 saturated heterocycles. The van der Waals surface area contributed by atoms with Gasteiger partial charge in [-0.25, -0.2) is 14.1 Å². The number of piperidine rings is 3. The maximum absolute atomic E-state index is 13.6. The summed E-state index contributed by atoms with van der Waals surface area (Å²) in [6.45, 7) is 1.74. The standard InChI is InChI=1S/C26H24N4O4/c31-24(26(33)20-8-3-1-6-18(20)19-7-2-4-9-21(19)26)34-22-16-30(14-11-17(22)12-15-30)25(32)28-23-10-5-13-27-29-23/h1-10,13,17,22,33H,11-12,14-16H2/p+1. The number of carbonyl (C=O) groups excluding carboxylic acids is 2. The van der Waals surface area contributed by atoms with Crippen LogP contribution in [0.3, 0.4) is 0 Å². The van der Waals surface area contributed by atoms with Crippen LogP contribution in [0.4, 0.5) is 10.6 Å². The van der Waals surface area contributed by atoms with Crippen LogP contribution >= 0.6 is 0 Å². The van der Waals surface area contributed by atoms with Crippen LogP contribution in [0, 0.1) is 5.92 Å². The van der Waals surface area contributed by atoms with E-state index in [1.165, 1.54) is 0 Å². The topological polar surface area (TPSA) is 101 Å². The van der Waals surface area contributed by atoms with Crippen LogP contribution in [-0.4, -0.2) is 57.5 Å². The second kappa shape index (κ2) is 7.72. The quantitative estimate of drug-likeness (QED) is 0.463. The first kappa shape index (κ1) is 20.9. The largest absolute Gasteiger partial charge is 0.453 e. The fraction of sp³-hybridized carbons (Fsp3) is 0.308. The monoisotopic (exact) mass is 457 g/mol. The number of benzene rings is 2. The lowest BCUT2D eigenvalue weighted by Crippen LogP contribution is -2.68. The molecule has 8 heteroatoms. The summed E-state index contributed by atoms with van der Waals surface area (Å²) >= 11 is 0. The third-order valence-corrected chi connectivity index (χ3v) is 7.63. The number of aromatic nitrogens is 2. The van der Waals surface area contributed by atoms with Gasteiger partial charge in [0.2, 0.25) is 5.60 Å². The summed E-state index contributed by atoms with van der Waals surface area (Å²) in [5, 5.41) is 22.4. The summed E-state index contributed by atoms with van der Waals surface area (Å²) in [5.41, 5.74) is 0.863. The Kier molecular flexibility index (Phi) is 4.75. The molecule has 34 heavy (non-hydrogen) atoms. The van der Waals surface area contributed by atoms with E-state index in [0.717, 1.165) is 24.0 Å². The number of rotatable bonds is 3. The van der Waals surface area contributed by atoms with E-state index in [-0.39, 0.29) is 16.4 Å². The molecule has 3 fully saturated rings. The Balaban J connectivity index is 1.27. The van der Waals surface area contributed by atoms with Gasteiger partial charge in [0, 0.05) is 36.1 Å². The molecule has 0 saturated carbocycles. The molecule has 2 amide bonds. The molecule has 0 radical (unpaired) electrons. The number of urea groups is 1. The summed E-state index contributed by atoms with van der Waals surface area (Å²) in [7, 11) is 0. The number of quaternary nitrogens is 1. The highest BCUT2D eigenvalue weighted by Crippen LogP contribution is 2.48. The Bertz CT molecular complexity index is 1230. The van der Waals surface area contributed by atoms with Gasteiger partial charge in [-0.05, 0) is 23.3 Å². The van der Waals surface area contributed by atoms with Crippen molar-refractivity contribution in [1.82, 2.24) is 10.2 Å². The van der Waals surface area contributed by atoms with Crippen molar-refractivity contribution in [2.24, 2.45) is 5.92 Å². The van der Waals surface area contributed by atoms with Gasteiger partial charge in [0.05, 0.1) is 13.1 Å². The van der Waals surface area contributed by atoms with Crippen LogP contribution in [0.25, 0.3) is 11.1 Å². The zero-order valence-electron chi connectivity index (χ0n) is 18.6. The first-order valence-electron chi connectivity index (χ1n) is 11.6. The molecule has 1 atom stereocenters. The first-order chi connectivity index (χ1) is 16.5. The molecule has 3 aliphatic heterocycles. The summed E-state index contributed by atoms with van der Waals surface area (Å²) < 4.78 is 6.22. The molecule has 2 bridgehead atoms. The van der Waals surface area contributed by atoms with Crippen LogP contribution in [0.1, 0.15) is 24.0 Å². The number of esters is 1. The zero-order chi connectivity index (χ0) is 23.3. The lowest BCUT2D eigenvalue weighted by Gasteiger charge is -2.49. The minimum Gasteiger partial charge on any atom is -0.453 e. The molecule has 7 rings (SSSR count). The molecular weight excluding hydrogens is 432 g/mol. The molecule has 2 aromatic carbocycles. The first-order valence-corrected chi connectivity index (χ1v) is 11.6. The molecule has 3 aromatic rings. The number of hydrogen-bond acceptors (Lipinski definition) is 6. The summed E-state index contributed by atoms with van der Waals surface area (Å²) in [6.07, 6.45) is 2.65. The SMILES string of the molecule is O=C(OC1C[N+]2(C(=O)Nc3cccnn3)CCC1CC2)C1(O)c2ccccc2-c2ccccc21. The molecule has 1 unspecified atom stereocenters. The minimum atomic E-state index is -1.87. The third kappa shape index (κ3) is 3.06. The molecule has 1 aliphatic carbocycles. The molecule has 2 N–H and O–H groups in total. The van der Waals surface area contributed by atoms with Crippen molar-refractivity contribution < 1.29 is 23.9 Å². The van der Waals surface area contributed by atoms with Crippen molar-refractivity contribution in [2.75, 3.05) is 25.0 Å². The maximum atomic E-state index is 13.6. The zero-order valence-corrected chi connectivity index (χ0v) is 18.6. The van der Waals surface area contributed by atoms with Gasteiger partial charge in [0.15, 0.2) is 11.9 Å². The van der Waals surface area contributed by atoms with Crippen molar-refractivity contribution in [3.05, 3.63) is 78.0 Å². The molecule has 4 heterocycles. The van der Waals surface area contributed by atoms with E-state index in [1.807, 2.05) is 36.4 Å². The smallest absolute Gasteiger partial charge is 0.422 e. The number of nitrogens with one attached hydrogen (secondary N) is 1. The number of fused-ring (bicyclic) bond motifs is 6. The van der Waals surface area contributed by atoms with Crippen LogP contribution in [0.15, 0.2) is 66.9 Å². The number of amides is 2. The van der Waals surface area contributed by atoms with Gasteiger partial charge >= 0.3 is 12.0 Å². The van der Waals surface area contributed by atoms with Crippen molar-refractivity contribution >= 4 is 17.8 Å². The number of hydrogen-bond donors (Lipinski definition) is 2. The normalized spacial score (nSPS) is 25.8. The summed E-state index contributed by atoms with van der Waals surface area (Å²) in [6, 6.07) is 18.0. The Morgan fingerprint density at radius 1 is 0.971 bits per heavy atom. The van der Waals surface area contributed by atoms with E-state index < -0.39 is 17.7 Å². The number of ether oxygens (including phenoxy) is 1.